The SMILES string of the molecule is CN=C(NCCOCCS(C)(=O)=O)NC1CCN(CC2CCCC2)C1.I. The van der Waals surface area contributed by atoms with Gasteiger partial charge in [-0.3, -0.25) is 4.99 Å². The molecule has 26 heavy (non-hydrogen) atoms. The number of sulfone groups is 1. The number of likely N-dealkylation sites (tertiary alicyclic amines) is 1. The highest BCUT2D eigenvalue weighted by Gasteiger charge is 2.26. The van der Waals surface area contributed by atoms with E-state index in [9.17, 15) is 8.42 Å². The van der Waals surface area contributed by atoms with E-state index in [1.807, 2.05) is 0 Å². The summed E-state index contributed by atoms with van der Waals surface area (Å²) in [5.74, 6) is 1.76. The van der Waals surface area contributed by atoms with E-state index < -0.39 is 9.84 Å². The van der Waals surface area contributed by atoms with Crippen molar-refractivity contribution in [2.75, 3.05) is 58.4 Å². The third-order valence-electron chi connectivity index (χ3n) is 4.97. The average Bonchev–Trinajstić information content (AvgIpc) is 3.21. The van der Waals surface area contributed by atoms with Crippen molar-refractivity contribution in [1.29, 1.82) is 0 Å². The molecule has 0 radical (unpaired) electrons. The molecule has 1 aliphatic carbocycles. The number of nitrogens with zero attached hydrogens (tertiary/aromatic N) is 2. The van der Waals surface area contributed by atoms with Crippen molar-refractivity contribution in [3.63, 3.8) is 0 Å². The predicted molar refractivity (Wildman–Crippen MR) is 117 cm³/mol. The number of halogens is 1. The molecule has 1 saturated carbocycles. The van der Waals surface area contributed by atoms with Gasteiger partial charge in [-0.25, -0.2) is 8.42 Å². The van der Waals surface area contributed by atoms with Gasteiger partial charge in [-0.05, 0) is 25.2 Å². The molecule has 0 aromatic carbocycles. The fourth-order valence-electron chi connectivity index (χ4n) is 3.62. The largest absolute Gasteiger partial charge is 0.379 e. The lowest BCUT2D eigenvalue weighted by Gasteiger charge is -2.21. The topological polar surface area (TPSA) is 83.0 Å². The van der Waals surface area contributed by atoms with E-state index in [4.69, 9.17) is 4.74 Å². The molecule has 9 heteroatoms. The highest BCUT2D eigenvalue weighted by atomic mass is 127. The molecule has 0 spiro atoms. The number of nitrogens with one attached hydrogen (secondary N) is 2. The summed E-state index contributed by atoms with van der Waals surface area (Å²) in [6.45, 7) is 4.82. The molecular weight excluding hydrogens is 467 g/mol. The Labute approximate surface area is 175 Å². The summed E-state index contributed by atoms with van der Waals surface area (Å²) in [5.41, 5.74) is 0. The van der Waals surface area contributed by atoms with Crippen LogP contribution in [-0.4, -0.2) is 83.8 Å². The minimum atomic E-state index is -2.95. The lowest BCUT2D eigenvalue weighted by atomic mass is 10.1. The number of rotatable bonds is 9. The molecule has 2 N–H and O–H groups in total. The van der Waals surface area contributed by atoms with Crippen LogP contribution in [0.15, 0.2) is 4.99 Å². The summed E-state index contributed by atoms with van der Waals surface area (Å²) in [5, 5.41) is 6.71. The van der Waals surface area contributed by atoms with Gasteiger partial charge in [0.2, 0.25) is 0 Å². The predicted octanol–water partition coefficient (Wildman–Crippen LogP) is 1.10. The van der Waals surface area contributed by atoms with E-state index in [1.54, 1.807) is 7.05 Å². The summed E-state index contributed by atoms with van der Waals surface area (Å²) in [6, 6.07) is 0.443. The molecule has 1 saturated heterocycles. The van der Waals surface area contributed by atoms with Crippen molar-refractivity contribution in [2.45, 2.75) is 38.1 Å². The molecule has 1 atom stereocenters. The monoisotopic (exact) mass is 502 g/mol. The second-order valence-electron chi connectivity index (χ2n) is 7.28. The highest BCUT2D eigenvalue weighted by molar-refractivity contribution is 14.0. The fourth-order valence-corrected chi connectivity index (χ4v) is 4.04. The van der Waals surface area contributed by atoms with Crippen LogP contribution in [-0.2, 0) is 14.6 Å². The normalized spacial score (nSPS) is 22.4. The molecule has 2 aliphatic rings. The summed E-state index contributed by atoms with van der Waals surface area (Å²) < 4.78 is 27.4. The molecule has 2 rings (SSSR count). The van der Waals surface area contributed by atoms with Crippen molar-refractivity contribution >= 4 is 39.8 Å². The van der Waals surface area contributed by atoms with E-state index in [2.05, 4.69) is 20.5 Å². The Morgan fingerprint density at radius 3 is 2.62 bits per heavy atom. The summed E-state index contributed by atoms with van der Waals surface area (Å²) >= 11 is 0. The maximum Gasteiger partial charge on any atom is 0.191 e. The molecule has 1 unspecified atom stereocenters. The Bertz CT molecular complexity index is 524. The second-order valence-corrected chi connectivity index (χ2v) is 9.54. The summed E-state index contributed by atoms with van der Waals surface area (Å²) in [7, 11) is -1.18. The Hall–Kier alpha value is -0.130. The number of guanidine groups is 1. The van der Waals surface area contributed by atoms with Crippen molar-refractivity contribution in [2.24, 2.45) is 10.9 Å². The smallest absolute Gasteiger partial charge is 0.191 e. The first-order chi connectivity index (χ1) is 12.0. The van der Waals surface area contributed by atoms with Gasteiger partial charge < -0.3 is 20.3 Å². The Morgan fingerprint density at radius 1 is 1.23 bits per heavy atom. The van der Waals surface area contributed by atoms with E-state index in [1.165, 1.54) is 45.0 Å². The van der Waals surface area contributed by atoms with Crippen LogP contribution < -0.4 is 10.6 Å². The van der Waals surface area contributed by atoms with Gasteiger partial charge in [-0.1, -0.05) is 12.8 Å². The minimum absolute atomic E-state index is 0. The number of ether oxygens (including phenoxy) is 1. The van der Waals surface area contributed by atoms with Crippen LogP contribution in [0.5, 0.6) is 0 Å². The Kier molecular flexibility index (Phi) is 11.4. The van der Waals surface area contributed by atoms with Gasteiger partial charge in [0.15, 0.2) is 5.96 Å². The summed E-state index contributed by atoms with van der Waals surface area (Å²) in [6.07, 6.45) is 7.98. The molecule has 0 aromatic rings. The lowest BCUT2D eigenvalue weighted by Crippen LogP contribution is -2.45. The van der Waals surface area contributed by atoms with Crippen LogP contribution in [0.3, 0.4) is 0 Å². The minimum Gasteiger partial charge on any atom is -0.379 e. The van der Waals surface area contributed by atoms with Crippen LogP contribution in [0.2, 0.25) is 0 Å². The number of hydrogen-bond donors (Lipinski definition) is 2. The maximum absolute atomic E-state index is 11.0. The molecule has 0 aromatic heterocycles. The van der Waals surface area contributed by atoms with Crippen LogP contribution in [0, 0.1) is 5.92 Å². The van der Waals surface area contributed by atoms with Gasteiger partial charge in [-0.15, -0.1) is 24.0 Å². The second kappa shape index (κ2) is 12.4. The van der Waals surface area contributed by atoms with Crippen LogP contribution >= 0.6 is 24.0 Å². The average molecular weight is 502 g/mol. The highest BCUT2D eigenvalue weighted by Crippen LogP contribution is 2.26. The van der Waals surface area contributed by atoms with E-state index in [0.29, 0.717) is 19.2 Å². The van der Waals surface area contributed by atoms with Crippen molar-refractivity contribution < 1.29 is 13.2 Å². The molecule has 154 valence electrons. The van der Waals surface area contributed by atoms with E-state index in [-0.39, 0.29) is 36.3 Å². The van der Waals surface area contributed by atoms with Crippen molar-refractivity contribution in [1.82, 2.24) is 15.5 Å². The van der Waals surface area contributed by atoms with Crippen LogP contribution in [0.25, 0.3) is 0 Å². The zero-order valence-electron chi connectivity index (χ0n) is 16.1. The van der Waals surface area contributed by atoms with E-state index >= 15 is 0 Å². The Balaban J connectivity index is 0.00000338. The molecular formula is C17H35IN4O3S. The van der Waals surface area contributed by atoms with Gasteiger partial charge in [0.25, 0.3) is 0 Å². The molecule has 0 amide bonds. The molecule has 1 aliphatic heterocycles. The van der Waals surface area contributed by atoms with Gasteiger partial charge in [0.05, 0.1) is 19.0 Å². The molecule has 1 heterocycles. The molecule has 0 bridgehead atoms. The standard InChI is InChI=1S/C17H34N4O3S.HI/c1-18-17(19-8-10-24-11-12-25(2,22)23)20-16-7-9-21(14-16)13-15-5-3-4-6-15;/h15-16H,3-14H2,1-2H3,(H2,18,19,20);1H. The first kappa shape index (κ1) is 23.9. The third kappa shape index (κ3) is 9.70. The first-order valence-electron chi connectivity index (χ1n) is 9.41. The van der Waals surface area contributed by atoms with Gasteiger partial charge >= 0.3 is 0 Å². The van der Waals surface area contributed by atoms with Crippen LogP contribution in [0.4, 0.5) is 0 Å². The van der Waals surface area contributed by atoms with E-state index in [0.717, 1.165) is 24.8 Å². The van der Waals surface area contributed by atoms with Crippen molar-refractivity contribution in [3.8, 4) is 0 Å². The Morgan fingerprint density at radius 2 is 1.96 bits per heavy atom. The number of aliphatic imine (C=N–C) groups is 1. The van der Waals surface area contributed by atoms with Gasteiger partial charge in [-0.2, -0.15) is 0 Å². The lowest BCUT2D eigenvalue weighted by molar-refractivity contribution is 0.154. The zero-order chi connectivity index (χ0) is 18.1. The first-order valence-corrected chi connectivity index (χ1v) is 11.5. The quantitative estimate of drug-likeness (QED) is 0.213. The maximum atomic E-state index is 11.0. The third-order valence-corrected chi connectivity index (χ3v) is 5.87. The van der Waals surface area contributed by atoms with Gasteiger partial charge in [0, 0.05) is 45.5 Å². The van der Waals surface area contributed by atoms with Crippen LogP contribution in [0.1, 0.15) is 32.1 Å². The molecule has 2 fully saturated rings. The number of hydrogen-bond acceptors (Lipinski definition) is 5. The zero-order valence-corrected chi connectivity index (χ0v) is 19.2. The molecule has 7 nitrogen and oxygen atoms in total. The van der Waals surface area contributed by atoms with Crippen molar-refractivity contribution in [3.05, 3.63) is 0 Å². The fraction of sp³-hybridized carbons (Fsp3) is 0.941. The van der Waals surface area contributed by atoms with Gasteiger partial charge in [0.1, 0.15) is 9.84 Å². The summed E-state index contributed by atoms with van der Waals surface area (Å²) in [4.78, 5) is 6.84.